The quantitative estimate of drug-likeness (QED) is 0.505. The normalized spacial score (nSPS) is 13.7. The molecule has 1 heterocycles. The van der Waals surface area contributed by atoms with Crippen molar-refractivity contribution in [2.75, 3.05) is 0 Å². The third-order valence-corrected chi connectivity index (χ3v) is 3.63. The molecule has 1 aromatic rings. The van der Waals surface area contributed by atoms with Gasteiger partial charge in [-0.2, -0.15) is 0 Å². The smallest absolute Gasteiger partial charge is 0.0702 e. The zero-order chi connectivity index (χ0) is 18.2. The molecule has 0 saturated carbocycles. The Bertz CT molecular complexity index is 638. The van der Waals surface area contributed by atoms with Crippen molar-refractivity contribution >= 4 is 5.57 Å². The molecule has 2 nitrogen and oxygen atoms in total. The summed E-state index contributed by atoms with van der Waals surface area (Å²) >= 11 is 0. The zero-order valence-corrected chi connectivity index (χ0v) is 16.1. The summed E-state index contributed by atoms with van der Waals surface area (Å²) in [6, 6.07) is 6.36. The Morgan fingerprint density at radius 1 is 1.38 bits per heavy atom. The highest BCUT2D eigenvalue weighted by Crippen LogP contribution is 2.23. The Morgan fingerprint density at radius 3 is 2.58 bits per heavy atom. The van der Waals surface area contributed by atoms with E-state index in [1.807, 2.05) is 19.9 Å². The summed E-state index contributed by atoms with van der Waals surface area (Å²) in [5, 5.41) is 3.59. The number of pyridine rings is 1. The van der Waals surface area contributed by atoms with Crippen LogP contribution in [0.3, 0.4) is 0 Å². The molecule has 0 aliphatic heterocycles. The maximum Gasteiger partial charge on any atom is 0.0702 e. The maximum absolute atomic E-state index is 4.66. The third kappa shape index (κ3) is 7.02. The summed E-state index contributed by atoms with van der Waals surface area (Å²) in [7, 11) is 0. The summed E-state index contributed by atoms with van der Waals surface area (Å²) in [4.78, 5) is 4.66. The van der Waals surface area contributed by atoms with Crippen molar-refractivity contribution in [3.63, 3.8) is 0 Å². The van der Waals surface area contributed by atoms with Gasteiger partial charge < -0.3 is 5.32 Å². The highest BCUT2D eigenvalue weighted by molar-refractivity contribution is 5.72. The van der Waals surface area contributed by atoms with Crippen LogP contribution in [0.25, 0.3) is 5.57 Å². The van der Waals surface area contributed by atoms with E-state index in [0.29, 0.717) is 0 Å². The van der Waals surface area contributed by atoms with E-state index in [9.17, 15) is 0 Å². The number of hydrogen-bond donors (Lipinski definition) is 1. The van der Waals surface area contributed by atoms with Gasteiger partial charge in [0, 0.05) is 11.7 Å². The number of aryl methyl sites for hydroxylation is 1. The number of aromatic nitrogens is 1. The molecule has 2 heteroatoms. The molecule has 0 spiro atoms. The molecule has 0 aliphatic rings. The molecule has 24 heavy (non-hydrogen) atoms. The minimum atomic E-state index is 0.208. The van der Waals surface area contributed by atoms with Gasteiger partial charge in [-0.1, -0.05) is 58.6 Å². The van der Waals surface area contributed by atoms with Crippen LogP contribution in [-0.2, 0) is 0 Å². The molecule has 0 aliphatic carbocycles. The van der Waals surface area contributed by atoms with Gasteiger partial charge in [-0.15, -0.1) is 5.73 Å². The molecular weight excluding hydrogens is 292 g/mol. The van der Waals surface area contributed by atoms with Crippen molar-refractivity contribution in [1.82, 2.24) is 10.3 Å². The maximum atomic E-state index is 4.66. The van der Waals surface area contributed by atoms with Crippen LogP contribution in [0, 0.1) is 12.3 Å². The molecule has 1 aromatic heterocycles. The average Bonchev–Trinajstić information content (AvgIpc) is 2.51. The van der Waals surface area contributed by atoms with Gasteiger partial charge in [-0.3, -0.25) is 4.98 Å². The van der Waals surface area contributed by atoms with Crippen molar-refractivity contribution in [2.45, 2.75) is 60.4 Å². The Hall–Kier alpha value is -2.05. The summed E-state index contributed by atoms with van der Waals surface area (Å²) in [6.45, 7) is 16.8. The number of nitrogens with one attached hydrogen (secondary N) is 1. The van der Waals surface area contributed by atoms with E-state index in [0.717, 1.165) is 35.5 Å². The van der Waals surface area contributed by atoms with Crippen molar-refractivity contribution in [2.24, 2.45) is 5.41 Å². The van der Waals surface area contributed by atoms with Crippen molar-refractivity contribution in [3.05, 3.63) is 65.8 Å². The Morgan fingerprint density at radius 2 is 2.08 bits per heavy atom. The van der Waals surface area contributed by atoms with E-state index in [-0.39, 0.29) is 11.5 Å². The molecule has 1 N–H and O–H groups in total. The van der Waals surface area contributed by atoms with Crippen LogP contribution in [0.5, 0.6) is 0 Å². The second kappa shape index (κ2) is 9.30. The highest BCUT2D eigenvalue weighted by atomic mass is 14.9. The predicted octanol–water partition coefficient (Wildman–Crippen LogP) is 5.82. The first-order valence-electron chi connectivity index (χ1n) is 8.73. The van der Waals surface area contributed by atoms with Gasteiger partial charge in [0.25, 0.3) is 0 Å². The van der Waals surface area contributed by atoms with Crippen molar-refractivity contribution in [1.29, 1.82) is 0 Å². The minimum absolute atomic E-state index is 0.208. The van der Waals surface area contributed by atoms with E-state index in [4.69, 9.17) is 0 Å². The molecule has 0 aromatic carbocycles. The molecule has 1 unspecified atom stereocenters. The molecule has 0 saturated heterocycles. The third-order valence-electron chi connectivity index (χ3n) is 3.63. The molecule has 0 bridgehead atoms. The highest BCUT2D eigenvalue weighted by Gasteiger charge is 2.15. The lowest BCUT2D eigenvalue weighted by atomic mass is 9.90. The zero-order valence-electron chi connectivity index (χ0n) is 16.1. The van der Waals surface area contributed by atoms with Gasteiger partial charge in [0.15, 0.2) is 0 Å². The number of allylic oxidation sites excluding steroid dienone is 4. The summed E-state index contributed by atoms with van der Waals surface area (Å²) < 4.78 is 0. The van der Waals surface area contributed by atoms with Crippen LogP contribution in [-0.4, -0.2) is 11.0 Å². The second-order valence-electron chi connectivity index (χ2n) is 7.34. The fourth-order valence-corrected chi connectivity index (χ4v) is 2.51. The van der Waals surface area contributed by atoms with Crippen LogP contribution in [0.15, 0.2) is 54.4 Å². The lowest BCUT2D eigenvalue weighted by Gasteiger charge is -2.23. The SMILES string of the molecule is C=C=C(CC(C)(C)C)NC(/C=C(\C=C/C)c1cccc(C)n1)CC. The first kappa shape index (κ1) is 20.0. The Kier molecular flexibility index (Phi) is 7.74. The van der Waals surface area contributed by atoms with Crippen LogP contribution < -0.4 is 5.32 Å². The number of nitrogens with zero attached hydrogens (tertiary/aromatic N) is 1. The van der Waals surface area contributed by atoms with Crippen molar-refractivity contribution in [3.8, 4) is 0 Å². The van der Waals surface area contributed by atoms with Gasteiger partial charge in [-0.05, 0) is 49.8 Å². The minimum Gasteiger partial charge on any atom is -0.376 e. The lowest BCUT2D eigenvalue weighted by Crippen LogP contribution is -2.28. The fraction of sp³-hybridized carbons (Fsp3) is 0.455. The van der Waals surface area contributed by atoms with Gasteiger partial charge in [0.1, 0.15) is 0 Å². The first-order chi connectivity index (χ1) is 11.3. The molecule has 0 fully saturated rings. The Labute approximate surface area is 148 Å². The summed E-state index contributed by atoms with van der Waals surface area (Å²) in [6.07, 6.45) is 8.35. The average molecular weight is 325 g/mol. The number of hydrogen-bond acceptors (Lipinski definition) is 2. The molecule has 130 valence electrons. The monoisotopic (exact) mass is 324 g/mol. The lowest BCUT2D eigenvalue weighted by molar-refractivity contribution is 0.394. The van der Waals surface area contributed by atoms with Gasteiger partial charge in [0.05, 0.1) is 11.4 Å². The van der Waals surface area contributed by atoms with Gasteiger partial charge in [0.2, 0.25) is 0 Å². The predicted molar refractivity (Wildman–Crippen MR) is 106 cm³/mol. The summed E-state index contributed by atoms with van der Waals surface area (Å²) in [5.74, 6) is 0. The second-order valence-corrected chi connectivity index (χ2v) is 7.34. The standard InChI is InChI=1S/C22H32N2/c1-8-12-18(21-14-11-13-17(4)23-21)15-19(9-2)24-20(10-3)16-22(5,6)7/h8,11-15,19,24H,3,9,16H2,1-2,4-7H3/b12-8-,18-15+. The van der Waals surface area contributed by atoms with Crippen LogP contribution in [0.4, 0.5) is 0 Å². The molecule has 1 atom stereocenters. The molecule has 0 radical (unpaired) electrons. The van der Waals surface area contributed by atoms with Gasteiger partial charge >= 0.3 is 0 Å². The molecular formula is C22H32N2. The fourth-order valence-electron chi connectivity index (χ4n) is 2.51. The topological polar surface area (TPSA) is 24.9 Å². The first-order valence-corrected chi connectivity index (χ1v) is 8.73. The number of rotatable bonds is 7. The van der Waals surface area contributed by atoms with Gasteiger partial charge in [-0.25, -0.2) is 0 Å². The van der Waals surface area contributed by atoms with E-state index >= 15 is 0 Å². The van der Waals surface area contributed by atoms with Crippen molar-refractivity contribution < 1.29 is 0 Å². The largest absolute Gasteiger partial charge is 0.376 e. The molecule has 1 rings (SSSR count). The van der Waals surface area contributed by atoms with E-state index in [2.05, 4.69) is 80.7 Å². The van der Waals surface area contributed by atoms with Crippen LogP contribution in [0.2, 0.25) is 0 Å². The van der Waals surface area contributed by atoms with E-state index < -0.39 is 0 Å². The van der Waals surface area contributed by atoms with Crippen LogP contribution in [0.1, 0.15) is 58.8 Å². The van der Waals surface area contributed by atoms with Crippen LogP contribution >= 0.6 is 0 Å². The van der Waals surface area contributed by atoms with E-state index in [1.165, 1.54) is 0 Å². The van der Waals surface area contributed by atoms with E-state index in [1.54, 1.807) is 0 Å². The summed E-state index contributed by atoms with van der Waals surface area (Å²) in [5.41, 5.74) is 7.53. The molecule has 0 amide bonds. The Balaban J connectivity index is 3.07.